The fourth-order valence-electron chi connectivity index (χ4n) is 3.53. The molecule has 24 heavy (non-hydrogen) atoms. The van der Waals surface area contributed by atoms with Gasteiger partial charge in [-0.05, 0) is 56.1 Å². The molecule has 3 aliphatic rings. The fourth-order valence-corrected chi connectivity index (χ4v) is 5.00. The number of hydrogen-bond acceptors (Lipinski definition) is 5. The van der Waals surface area contributed by atoms with Crippen LogP contribution < -0.4 is 0 Å². The quantitative estimate of drug-likeness (QED) is 0.692. The third-order valence-electron chi connectivity index (χ3n) is 5.21. The summed E-state index contributed by atoms with van der Waals surface area (Å²) in [5, 5.41) is 0.959. The number of fused-ring (bicyclic) bond motifs is 2. The molecule has 3 rings (SSSR count). The van der Waals surface area contributed by atoms with Gasteiger partial charge in [0, 0.05) is 20.3 Å². The van der Waals surface area contributed by atoms with Crippen LogP contribution in [0.5, 0.6) is 0 Å². The van der Waals surface area contributed by atoms with Gasteiger partial charge in [-0.3, -0.25) is 9.69 Å². The number of allylic oxidation sites excluding steroid dienone is 1. The van der Waals surface area contributed by atoms with E-state index >= 15 is 0 Å². The molecule has 0 aromatic heterocycles. The number of carbonyl (C=O) groups excluding carboxylic acids is 1. The van der Waals surface area contributed by atoms with Gasteiger partial charge in [0.05, 0.1) is 11.1 Å². The van der Waals surface area contributed by atoms with E-state index in [1.165, 1.54) is 16.9 Å². The number of aliphatic imine (C=N–C) groups is 2. The zero-order valence-electron chi connectivity index (χ0n) is 15.0. The van der Waals surface area contributed by atoms with Gasteiger partial charge in [0.2, 0.25) is 0 Å². The van der Waals surface area contributed by atoms with Crippen molar-refractivity contribution in [1.29, 1.82) is 0 Å². The lowest BCUT2D eigenvalue weighted by Crippen LogP contribution is -2.39. The Labute approximate surface area is 148 Å². The summed E-state index contributed by atoms with van der Waals surface area (Å²) in [5.74, 6) is 1.18. The summed E-state index contributed by atoms with van der Waals surface area (Å²) < 4.78 is 5.11. The molecule has 6 heteroatoms. The monoisotopic (exact) mass is 349 g/mol. The van der Waals surface area contributed by atoms with Gasteiger partial charge < -0.3 is 4.74 Å². The van der Waals surface area contributed by atoms with Gasteiger partial charge >= 0.3 is 0 Å². The summed E-state index contributed by atoms with van der Waals surface area (Å²) >= 11 is 1.73. The molecule has 0 aromatic carbocycles. The molecule has 3 unspecified atom stereocenters. The molecular weight excluding hydrogens is 322 g/mol. The molecule has 0 fully saturated rings. The molecule has 2 heterocycles. The number of likely N-dealkylation sites (N-methyl/N-ethyl adjacent to an activating group) is 1. The lowest BCUT2D eigenvalue weighted by molar-refractivity contribution is -0.118. The van der Waals surface area contributed by atoms with Gasteiger partial charge in [-0.2, -0.15) is 4.99 Å². The Kier molecular flexibility index (Phi) is 5.57. The highest BCUT2D eigenvalue weighted by atomic mass is 32.2. The summed E-state index contributed by atoms with van der Waals surface area (Å²) in [6.45, 7) is 5.99. The van der Waals surface area contributed by atoms with Gasteiger partial charge in [-0.15, -0.1) is 0 Å². The van der Waals surface area contributed by atoms with E-state index in [1.807, 2.05) is 7.05 Å². The molecule has 0 radical (unpaired) electrons. The second-order valence-electron chi connectivity index (χ2n) is 7.09. The van der Waals surface area contributed by atoms with Crippen LogP contribution in [0.1, 0.15) is 39.5 Å². The standard InChI is InChI=1S/C18H27N3O2S/c1-11-6-7-13-14(10-11)24-18-15(13)17(22)19-16(20-18)12(2)21(3)8-5-9-23-4/h11-12,15H,5-10H2,1-4H3. The van der Waals surface area contributed by atoms with Crippen molar-refractivity contribution in [1.82, 2.24) is 4.90 Å². The Morgan fingerprint density at radius 1 is 1.42 bits per heavy atom. The first-order valence-electron chi connectivity index (χ1n) is 8.81. The number of rotatable bonds is 6. The smallest absolute Gasteiger partial charge is 0.261 e. The van der Waals surface area contributed by atoms with Crippen LogP contribution in [0.3, 0.4) is 0 Å². The second-order valence-corrected chi connectivity index (χ2v) is 8.21. The number of methoxy groups -OCH3 is 1. The number of hydrogen-bond donors (Lipinski definition) is 0. The summed E-state index contributed by atoms with van der Waals surface area (Å²) in [6, 6.07) is 0.0383. The van der Waals surface area contributed by atoms with Crippen LogP contribution in [-0.4, -0.2) is 55.0 Å². The van der Waals surface area contributed by atoms with Crippen LogP contribution in [0.4, 0.5) is 0 Å². The predicted molar refractivity (Wildman–Crippen MR) is 99.6 cm³/mol. The average Bonchev–Trinajstić information content (AvgIpc) is 2.91. The maximum absolute atomic E-state index is 12.7. The first-order chi connectivity index (χ1) is 11.5. The Morgan fingerprint density at radius 2 is 2.21 bits per heavy atom. The van der Waals surface area contributed by atoms with Crippen molar-refractivity contribution in [2.24, 2.45) is 21.8 Å². The van der Waals surface area contributed by atoms with Crippen LogP contribution in [0, 0.1) is 11.8 Å². The summed E-state index contributed by atoms with van der Waals surface area (Å²) in [5.41, 5.74) is 1.30. The van der Waals surface area contributed by atoms with Crippen molar-refractivity contribution in [3.8, 4) is 0 Å². The van der Waals surface area contributed by atoms with Crippen LogP contribution in [-0.2, 0) is 9.53 Å². The molecule has 0 aromatic rings. The lowest BCUT2D eigenvalue weighted by atomic mass is 9.84. The van der Waals surface area contributed by atoms with Crippen molar-refractivity contribution in [3.63, 3.8) is 0 Å². The average molecular weight is 350 g/mol. The third-order valence-corrected chi connectivity index (χ3v) is 6.42. The van der Waals surface area contributed by atoms with Gasteiger partial charge in [-0.1, -0.05) is 18.7 Å². The molecular formula is C18H27N3O2S. The van der Waals surface area contributed by atoms with E-state index in [0.29, 0.717) is 11.8 Å². The van der Waals surface area contributed by atoms with Crippen molar-refractivity contribution >= 4 is 28.5 Å². The topological polar surface area (TPSA) is 54.3 Å². The Morgan fingerprint density at radius 3 is 2.96 bits per heavy atom. The van der Waals surface area contributed by atoms with Gasteiger partial charge in [0.1, 0.15) is 11.8 Å². The van der Waals surface area contributed by atoms with Crippen LogP contribution in [0.15, 0.2) is 20.5 Å². The second kappa shape index (κ2) is 7.50. The molecule has 0 bridgehead atoms. The molecule has 1 amide bonds. The minimum atomic E-state index is -0.174. The molecule has 1 aliphatic carbocycles. The third kappa shape index (κ3) is 3.51. The Balaban J connectivity index is 1.71. The zero-order chi connectivity index (χ0) is 17.3. The van der Waals surface area contributed by atoms with E-state index < -0.39 is 0 Å². The van der Waals surface area contributed by atoms with Crippen LogP contribution in [0.2, 0.25) is 0 Å². The lowest BCUT2D eigenvalue weighted by Gasteiger charge is -2.26. The van der Waals surface area contributed by atoms with E-state index in [-0.39, 0.29) is 17.9 Å². The minimum Gasteiger partial charge on any atom is -0.385 e. The maximum atomic E-state index is 12.7. The van der Waals surface area contributed by atoms with E-state index in [4.69, 9.17) is 9.73 Å². The predicted octanol–water partition coefficient (Wildman–Crippen LogP) is 3.12. The SMILES string of the molecule is COCCCN(C)C(C)C1=NC(=O)C2C(=N1)SC1=C2CCC(C)C1. The molecule has 2 aliphatic heterocycles. The first-order valence-corrected chi connectivity index (χ1v) is 9.62. The number of carbonyl (C=O) groups is 1. The Bertz CT molecular complexity index is 611. The van der Waals surface area contributed by atoms with Gasteiger partial charge in [-0.25, -0.2) is 4.99 Å². The number of nitrogens with zero attached hydrogens (tertiary/aromatic N) is 3. The van der Waals surface area contributed by atoms with Crippen molar-refractivity contribution in [2.75, 3.05) is 27.3 Å². The van der Waals surface area contributed by atoms with E-state index in [9.17, 15) is 4.79 Å². The van der Waals surface area contributed by atoms with Crippen LogP contribution in [0.25, 0.3) is 0 Å². The van der Waals surface area contributed by atoms with Crippen molar-refractivity contribution in [2.45, 2.75) is 45.6 Å². The van der Waals surface area contributed by atoms with Crippen LogP contribution >= 0.6 is 11.8 Å². The molecule has 0 N–H and O–H groups in total. The number of amides is 1. The van der Waals surface area contributed by atoms with Crippen molar-refractivity contribution in [3.05, 3.63) is 10.5 Å². The molecule has 5 nitrogen and oxygen atoms in total. The number of ether oxygens (including phenoxy) is 1. The summed E-state index contributed by atoms with van der Waals surface area (Å²) in [4.78, 5) is 25.4. The molecule has 0 spiro atoms. The normalized spacial score (nSPS) is 27.8. The highest BCUT2D eigenvalue weighted by Gasteiger charge is 2.42. The summed E-state index contributed by atoms with van der Waals surface area (Å²) in [6.07, 6.45) is 4.24. The number of thioether (sulfide) groups is 1. The molecule has 132 valence electrons. The van der Waals surface area contributed by atoms with E-state index in [1.54, 1.807) is 18.9 Å². The molecule has 0 saturated carbocycles. The largest absolute Gasteiger partial charge is 0.385 e. The van der Waals surface area contributed by atoms with Gasteiger partial charge in [0.25, 0.3) is 5.91 Å². The highest BCUT2D eigenvalue weighted by Crippen LogP contribution is 2.48. The molecule has 0 saturated heterocycles. The zero-order valence-corrected chi connectivity index (χ0v) is 15.9. The van der Waals surface area contributed by atoms with E-state index in [0.717, 1.165) is 37.5 Å². The first kappa shape index (κ1) is 17.8. The molecule has 3 atom stereocenters. The van der Waals surface area contributed by atoms with E-state index in [2.05, 4.69) is 23.7 Å². The van der Waals surface area contributed by atoms with Gasteiger partial charge in [0.15, 0.2) is 0 Å². The highest BCUT2D eigenvalue weighted by molar-refractivity contribution is 8.17. The Hall–Kier alpha value is -0.980. The maximum Gasteiger partial charge on any atom is 0.261 e. The van der Waals surface area contributed by atoms with Crippen molar-refractivity contribution < 1.29 is 9.53 Å². The fraction of sp³-hybridized carbons (Fsp3) is 0.722. The number of amidine groups is 1. The minimum absolute atomic E-state index is 0.0146. The summed E-state index contributed by atoms with van der Waals surface area (Å²) in [7, 11) is 3.76.